The smallest absolute Gasteiger partial charge is 0.336 e. The largest absolute Gasteiger partial charge is 0.507 e. The van der Waals surface area contributed by atoms with Crippen molar-refractivity contribution < 1.29 is 15.0 Å². The van der Waals surface area contributed by atoms with Gasteiger partial charge in [-0.2, -0.15) is 5.26 Å². The predicted octanol–water partition coefficient (Wildman–Crippen LogP) is 0.421. The van der Waals surface area contributed by atoms with Gasteiger partial charge in [0, 0.05) is 12.1 Å². The van der Waals surface area contributed by atoms with E-state index in [9.17, 15) is 9.90 Å². The Labute approximate surface area is 80.0 Å². The Bertz CT molecular complexity index is 421. The van der Waals surface area contributed by atoms with Gasteiger partial charge in [0.15, 0.2) is 0 Å². The molecule has 0 radical (unpaired) electrons. The Morgan fingerprint density at radius 2 is 2.21 bits per heavy atom. The fraction of sp³-hybridized carbons (Fsp3) is 0.111. The number of nitrogens with zero attached hydrogens (tertiary/aromatic N) is 1. The standard InChI is InChI=1S/C9H8N2O3/c10-3-6-5(9(13)14)1-2-8(12)7(6)4-11/h1-2,12H,3,10H2,(H,13,14). The first kappa shape index (κ1) is 10.0. The van der Waals surface area contributed by atoms with Crippen LogP contribution in [-0.2, 0) is 6.54 Å². The van der Waals surface area contributed by atoms with E-state index < -0.39 is 5.97 Å². The average molecular weight is 192 g/mol. The molecule has 0 unspecified atom stereocenters. The summed E-state index contributed by atoms with van der Waals surface area (Å²) in [6, 6.07) is 4.11. The molecule has 1 rings (SSSR count). The van der Waals surface area contributed by atoms with E-state index in [1.54, 1.807) is 6.07 Å². The first-order chi connectivity index (χ1) is 6.61. The van der Waals surface area contributed by atoms with Crippen LogP contribution in [0, 0.1) is 11.3 Å². The first-order valence-corrected chi connectivity index (χ1v) is 3.80. The molecule has 0 bridgehead atoms. The lowest BCUT2D eigenvalue weighted by molar-refractivity contribution is 0.0695. The second-order valence-corrected chi connectivity index (χ2v) is 2.61. The lowest BCUT2D eigenvalue weighted by atomic mass is 10.0. The molecule has 0 atom stereocenters. The third kappa shape index (κ3) is 1.51. The van der Waals surface area contributed by atoms with E-state index in [1.807, 2.05) is 0 Å². The highest BCUT2D eigenvalue weighted by molar-refractivity contribution is 5.90. The fourth-order valence-corrected chi connectivity index (χ4v) is 1.17. The van der Waals surface area contributed by atoms with Crippen LogP contribution in [0.2, 0.25) is 0 Å². The second kappa shape index (κ2) is 3.77. The van der Waals surface area contributed by atoms with Crippen molar-refractivity contribution >= 4 is 5.97 Å². The summed E-state index contributed by atoms with van der Waals surface area (Å²) < 4.78 is 0. The molecule has 0 spiro atoms. The van der Waals surface area contributed by atoms with E-state index in [1.165, 1.54) is 12.1 Å². The van der Waals surface area contributed by atoms with E-state index in [4.69, 9.17) is 16.1 Å². The van der Waals surface area contributed by atoms with Gasteiger partial charge >= 0.3 is 5.97 Å². The third-order valence-electron chi connectivity index (χ3n) is 1.84. The average Bonchev–Trinajstić information content (AvgIpc) is 2.16. The van der Waals surface area contributed by atoms with Crippen LogP contribution in [0.4, 0.5) is 0 Å². The van der Waals surface area contributed by atoms with Crippen molar-refractivity contribution in [3.8, 4) is 11.8 Å². The summed E-state index contributed by atoms with van der Waals surface area (Å²) >= 11 is 0. The zero-order chi connectivity index (χ0) is 10.7. The topological polar surface area (TPSA) is 107 Å². The van der Waals surface area contributed by atoms with Crippen molar-refractivity contribution in [1.29, 1.82) is 5.26 Å². The maximum Gasteiger partial charge on any atom is 0.336 e. The first-order valence-electron chi connectivity index (χ1n) is 3.80. The Morgan fingerprint density at radius 1 is 1.57 bits per heavy atom. The molecule has 1 aromatic rings. The Hall–Kier alpha value is -2.06. The Morgan fingerprint density at radius 3 is 2.64 bits per heavy atom. The number of nitrogens with two attached hydrogens (primary N) is 1. The van der Waals surface area contributed by atoms with Crippen LogP contribution in [0.25, 0.3) is 0 Å². The molecular formula is C9H8N2O3. The SMILES string of the molecule is N#Cc1c(O)ccc(C(=O)O)c1CN. The Balaban J connectivity index is 3.50. The van der Waals surface area contributed by atoms with E-state index in [0.29, 0.717) is 0 Å². The number of benzene rings is 1. The van der Waals surface area contributed by atoms with E-state index in [2.05, 4.69) is 0 Å². The van der Waals surface area contributed by atoms with Gasteiger partial charge in [-0.25, -0.2) is 4.79 Å². The molecule has 1 aromatic carbocycles. The summed E-state index contributed by atoms with van der Waals surface area (Å²) in [7, 11) is 0. The molecular weight excluding hydrogens is 184 g/mol. The number of carboxylic acid groups (broad SMARTS) is 1. The molecule has 0 aliphatic heterocycles. The van der Waals surface area contributed by atoms with Gasteiger partial charge in [-0.05, 0) is 12.1 Å². The molecule has 0 aliphatic carbocycles. The maximum atomic E-state index is 10.7. The number of aromatic hydroxyl groups is 1. The van der Waals surface area contributed by atoms with Crippen molar-refractivity contribution in [2.75, 3.05) is 0 Å². The van der Waals surface area contributed by atoms with Gasteiger partial charge in [-0.3, -0.25) is 0 Å². The summed E-state index contributed by atoms with van der Waals surface area (Å²) in [6.07, 6.45) is 0. The number of nitriles is 1. The highest BCUT2D eigenvalue weighted by Gasteiger charge is 2.15. The van der Waals surface area contributed by atoms with Gasteiger partial charge in [0.2, 0.25) is 0 Å². The monoisotopic (exact) mass is 192 g/mol. The van der Waals surface area contributed by atoms with Crippen molar-refractivity contribution in [3.63, 3.8) is 0 Å². The van der Waals surface area contributed by atoms with Crippen LogP contribution in [0.15, 0.2) is 12.1 Å². The summed E-state index contributed by atoms with van der Waals surface area (Å²) in [6.45, 7) is -0.0983. The van der Waals surface area contributed by atoms with Gasteiger partial charge in [0.05, 0.1) is 11.1 Å². The summed E-state index contributed by atoms with van der Waals surface area (Å²) in [5, 5.41) is 26.7. The second-order valence-electron chi connectivity index (χ2n) is 2.61. The molecule has 0 heterocycles. The van der Waals surface area contributed by atoms with Gasteiger partial charge in [0.25, 0.3) is 0 Å². The molecule has 14 heavy (non-hydrogen) atoms. The molecule has 0 saturated heterocycles. The number of phenolic OH excluding ortho intramolecular Hbond substituents is 1. The van der Waals surface area contributed by atoms with Crippen molar-refractivity contribution in [1.82, 2.24) is 0 Å². The molecule has 0 aliphatic rings. The van der Waals surface area contributed by atoms with Crippen molar-refractivity contribution in [2.45, 2.75) is 6.54 Å². The molecule has 72 valence electrons. The minimum Gasteiger partial charge on any atom is -0.507 e. The van der Waals surface area contributed by atoms with Crippen molar-refractivity contribution in [2.24, 2.45) is 5.73 Å². The number of carbonyl (C=O) groups is 1. The molecule has 0 aromatic heterocycles. The molecule has 0 fully saturated rings. The quantitative estimate of drug-likeness (QED) is 0.629. The zero-order valence-corrected chi connectivity index (χ0v) is 7.19. The van der Waals surface area contributed by atoms with Crippen LogP contribution in [0.1, 0.15) is 21.5 Å². The Kier molecular flexibility index (Phi) is 2.70. The fourth-order valence-electron chi connectivity index (χ4n) is 1.17. The van der Waals surface area contributed by atoms with Gasteiger partial charge in [-0.1, -0.05) is 0 Å². The van der Waals surface area contributed by atoms with E-state index >= 15 is 0 Å². The number of aromatic carboxylic acids is 1. The highest BCUT2D eigenvalue weighted by atomic mass is 16.4. The lowest BCUT2D eigenvalue weighted by Crippen LogP contribution is -2.09. The molecule has 0 saturated carbocycles. The predicted molar refractivity (Wildman–Crippen MR) is 47.7 cm³/mol. The number of carboxylic acids is 1. The number of hydrogen-bond acceptors (Lipinski definition) is 4. The van der Waals surface area contributed by atoms with E-state index in [0.717, 1.165) is 0 Å². The summed E-state index contributed by atoms with van der Waals surface area (Å²) in [4.78, 5) is 10.7. The molecule has 5 nitrogen and oxygen atoms in total. The number of phenols is 1. The van der Waals surface area contributed by atoms with Crippen LogP contribution in [-0.4, -0.2) is 16.2 Å². The molecule has 4 N–H and O–H groups in total. The third-order valence-corrected chi connectivity index (χ3v) is 1.84. The van der Waals surface area contributed by atoms with Gasteiger partial charge in [0.1, 0.15) is 11.8 Å². The normalized spacial score (nSPS) is 9.43. The van der Waals surface area contributed by atoms with Gasteiger partial charge < -0.3 is 15.9 Å². The zero-order valence-electron chi connectivity index (χ0n) is 7.19. The summed E-state index contributed by atoms with van der Waals surface area (Å²) in [5.41, 5.74) is 5.33. The minimum absolute atomic E-state index is 0.0538. The van der Waals surface area contributed by atoms with Crippen molar-refractivity contribution in [3.05, 3.63) is 28.8 Å². The highest BCUT2D eigenvalue weighted by Crippen LogP contribution is 2.23. The summed E-state index contributed by atoms with van der Waals surface area (Å²) in [5.74, 6) is -1.42. The number of rotatable bonds is 2. The van der Waals surface area contributed by atoms with Crippen LogP contribution in [0.3, 0.4) is 0 Å². The van der Waals surface area contributed by atoms with Crippen LogP contribution >= 0.6 is 0 Å². The number of hydrogen-bond donors (Lipinski definition) is 3. The lowest BCUT2D eigenvalue weighted by Gasteiger charge is -2.06. The minimum atomic E-state index is -1.16. The molecule has 5 heteroatoms. The van der Waals surface area contributed by atoms with Crippen LogP contribution in [0.5, 0.6) is 5.75 Å². The van der Waals surface area contributed by atoms with Crippen LogP contribution < -0.4 is 5.73 Å². The van der Waals surface area contributed by atoms with E-state index in [-0.39, 0.29) is 29.0 Å². The molecule has 0 amide bonds. The van der Waals surface area contributed by atoms with Gasteiger partial charge in [-0.15, -0.1) is 0 Å². The maximum absolute atomic E-state index is 10.7.